The molecule has 0 saturated carbocycles. The van der Waals surface area contributed by atoms with E-state index in [9.17, 15) is 14.7 Å². The van der Waals surface area contributed by atoms with Gasteiger partial charge in [0.2, 0.25) is 6.79 Å². The summed E-state index contributed by atoms with van der Waals surface area (Å²) in [6.45, 7) is 1.89. The van der Waals surface area contributed by atoms with Gasteiger partial charge in [0, 0.05) is 22.5 Å². The van der Waals surface area contributed by atoms with Crippen molar-refractivity contribution in [1.29, 1.82) is 0 Å². The first kappa shape index (κ1) is 20.1. The molecule has 2 aliphatic rings. The lowest BCUT2D eigenvalue weighted by Crippen LogP contribution is -2.30. The molecule has 0 spiro atoms. The second-order valence-electron chi connectivity index (χ2n) is 7.42. The molecule has 1 saturated heterocycles. The van der Waals surface area contributed by atoms with E-state index in [2.05, 4.69) is 4.98 Å². The summed E-state index contributed by atoms with van der Waals surface area (Å²) in [6, 6.07) is 14.2. The lowest BCUT2D eigenvalue weighted by molar-refractivity contribution is -0.132. The molecule has 3 heterocycles. The van der Waals surface area contributed by atoms with Gasteiger partial charge in [0.1, 0.15) is 11.8 Å². The van der Waals surface area contributed by atoms with Gasteiger partial charge < -0.3 is 14.6 Å². The van der Waals surface area contributed by atoms with Gasteiger partial charge in [-0.3, -0.25) is 19.5 Å². The van der Waals surface area contributed by atoms with E-state index in [0.29, 0.717) is 33.5 Å². The number of ether oxygens (including phenoxy) is 2. The van der Waals surface area contributed by atoms with Gasteiger partial charge in [-0.2, -0.15) is 0 Å². The summed E-state index contributed by atoms with van der Waals surface area (Å²) in [5, 5.41) is 11.6. The number of ketones is 1. The molecule has 3 aromatic rings. The van der Waals surface area contributed by atoms with Crippen LogP contribution in [0.25, 0.3) is 5.76 Å². The first-order chi connectivity index (χ1) is 15.5. The average Bonchev–Trinajstić information content (AvgIpc) is 3.38. The molecule has 1 N–H and O–H groups in total. The van der Waals surface area contributed by atoms with E-state index in [0.717, 1.165) is 5.56 Å². The van der Waals surface area contributed by atoms with Crippen LogP contribution in [0.3, 0.4) is 0 Å². The largest absolute Gasteiger partial charge is 0.507 e. The summed E-state index contributed by atoms with van der Waals surface area (Å²) in [6.07, 6.45) is 1.57. The monoisotopic (exact) mass is 448 g/mol. The summed E-state index contributed by atoms with van der Waals surface area (Å²) in [5.41, 5.74) is 1.93. The third-order valence-corrected chi connectivity index (χ3v) is 5.72. The number of anilines is 1. The Morgan fingerprint density at radius 3 is 2.69 bits per heavy atom. The summed E-state index contributed by atoms with van der Waals surface area (Å²) in [7, 11) is 0. The Balaban J connectivity index is 1.73. The van der Waals surface area contributed by atoms with Crippen LogP contribution in [-0.4, -0.2) is 28.6 Å². The van der Waals surface area contributed by atoms with E-state index < -0.39 is 17.7 Å². The summed E-state index contributed by atoms with van der Waals surface area (Å²) >= 11 is 6.20. The normalized spacial score (nSPS) is 18.9. The maximum absolute atomic E-state index is 13.2. The van der Waals surface area contributed by atoms with E-state index in [4.69, 9.17) is 21.1 Å². The number of pyridine rings is 1. The Morgan fingerprint density at radius 2 is 1.91 bits per heavy atom. The first-order valence-corrected chi connectivity index (χ1v) is 10.2. The van der Waals surface area contributed by atoms with Gasteiger partial charge in [-0.15, -0.1) is 0 Å². The summed E-state index contributed by atoms with van der Waals surface area (Å²) < 4.78 is 10.7. The van der Waals surface area contributed by atoms with Gasteiger partial charge in [-0.1, -0.05) is 23.7 Å². The fourth-order valence-corrected chi connectivity index (χ4v) is 4.11. The van der Waals surface area contributed by atoms with E-state index in [1.165, 1.54) is 4.90 Å². The number of aliphatic hydroxyl groups excluding tert-OH is 1. The van der Waals surface area contributed by atoms with Crippen molar-refractivity contribution in [2.45, 2.75) is 13.0 Å². The minimum absolute atomic E-state index is 0.0630. The number of halogens is 1. The SMILES string of the molecule is Cc1ccc(Cl)cc1N1C(=O)C(=O)/C(=C(\O)c2ccc3c(c2)OCO3)C1c1ccccn1. The van der Waals surface area contributed by atoms with Crippen molar-refractivity contribution in [3.05, 3.63) is 88.2 Å². The van der Waals surface area contributed by atoms with Crippen molar-refractivity contribution < 1.29 is 24.2 Å². The molecule has 32 heavy (non-hydrogen) atoms. The zero-order valence-corrected chi connectivity index (χ0v) is 17.7. The number of aromatic nitrogens is 1. The fourth-order valence-electron chi connectivity index (χ4n) is 3.94. The number of carbonyl (C=O) groups excluding carboxylic acids is 2. The Morgan fingerprint density at radius 1 is 1.09 bits per heavy atom. The van der Waals surface area contributed by atoms with Crippen molar-refractivity contribution in [2.24, 2.45) is 0 Å². The van der Waals surface area contributed by atoms with Crippen LogP contribution in [0.4, 0.5) is 5.69 Å². The number of carbonyl (C=O) groups is 2. The summed E-state index contributed by atoms with van der Waals surface area (Å²) in [4.78, 5) is 32.1. The molecule has 1 atom stereocenters. The molecule has 0 aliphatic carbocycles. The Kier molecular flexibility index (Phi) is 4.83. The molecular formula is C24H17ClN2O5. The van der Waals surface area contributed by atoms with Crippen molar-refractivity contribution >= 4 is 34.7 Å². The molecule has 1 amide bonds. The van der Waals surface area contributed by atoms with Gasteiger partial charge in [0.25, 0.3) is 11.7 Å². The standard InChI is InChI=1S/C24H17ClN2O5/c1-13-5-7-15(25)11-17(13)27-21(16-4-2-3-9-26-16)20(23(29)24(27)30)22(28)14-6-8-18-19(10-14)32-12-31-18/h2-11,21,28H,12H2,1H3/b22-20-. The molecule has 5 rings (SSSR count). The Bertz CT molecular complexity index is 1290. The molecule has 1 unspecified atom stereocenters. The zero-order valence-electron chi connectivity index (χ0n) is 16.9. The number of aryl methyl sites for hydroxylation is 1. The van der Waals surface area contributed by atoms with Gasteiger partial charge >= 0.3 is 0 Å². The minimum atomic E-state index is -0.932. The number of benzene rings is 2. The maximum Gasteiger partial charge on any atom is 0.300 e. The van der Waals surface area contributed by atoms with E-state index in [1.54, 1.807) is 60.8 Å². The van der Waals surface area contributed by atoms with Crippen LogP contribution in [0.2, 0.25) is 5.02 Å². The second kappa shape index (κ2) is 7.69. The number of hydrogen-bond acceptors (Lipinski definition) is 6. The molecule has 2 aromatic carbocycles. The van der Waals surface area contributed by atoms with Crippen LogP contribution in [0, 0.1) is 6.92 Å². The van der Waals surface area contributed by atoms with Crippen molar-refractivity contribution in [2.75, 3.05) is 11.7 Å². The highest BCUT2D eigenvalue weighted by Gasteiger charge is 2.48. The van der Waals surface area contributed by atoms with E-state index in [1.807, 2.05) is 6.92 Å². The van der Waals surface area contributed by atoms with Crippen LogP contribution in [0.5, 0.6) is 11.5 Å². The van der Waals surface area contributed by atoms with Crippen LogP contribution in [0.1, 0.15) is 22.9 Å². The van der Waals surface area contributed by atoms with Crippen LogP contribution in [-0.2, 0) is 9.59 Å². The first-order valence-electron chi connectivity index (χ1n) is 9.84. The molecule has 1 aromatic heterocycles. The topological polar surface area (TPSA) is 89.0 Å². The molecule has 1 fully saturated rings. The third kappa shape index (κ3) is 3.18. The molecule has 2 aliphatic heterocycles. The second-order valence-corrected chi connectivity index (χ2v) is 7.86. The van der Waals surface area contributed by atoms with E-state index >= 15 is 0 Å². The number of rotatable bonds is 3. The zero-order chi connectivity index (χ0) is 22.4. The Hall–Kier alpha value is -3.84. The van der Waals surface area contributed by atoms with Crippen LogP contribution >= 0.6 is 11.6 Å². The predicted molar refractivity (Wildman–Crippen MR) is 118 cm³/mol. The highest BCUT2D eigenvalue weighted by Crippen LogP contribution is 2.44. The summed E-state index contributed by atoms with van der Waals surface area (Å²) in [5.74, 6) is -0.913. The van der Waals surface area contributed by atoms with Crippen LogP contribution in [0.15, 0.2) is 66.4 Å². The van der Waals surface area contributed by atoms with Gasteiger partial charge in [0.15, 0.2) is 11.5 Å². The molecule has 160 valence electrons. The fraction of sp³-hybridized carbons (Fsp3) is 0.125. The van der Waals surface area contributed by atoms with Crippen molar-refractivity contribution in [3.63, 3.8) is 0 Å². The highest BCUT2D eigenvalue weighted by atomic mass is 35.5. The molecule has 0 bridgehead atoms. The molecule has 8 heteroatoms. The van der Waals surface area contributed by atoms with Crippen molar-refractivity contribution in [1.82, 2.24) is 4.98 Å². The van der Waals surface area contributed by atoms with Crippen LogP contribution < -0.4 is 14.4 Å². The number of nitrogens with zero attached hydrogens (tertiary/aromatic N) is 2. The van der Waals surface area contributed by atoms with Gasteiger partial charge in [-0.25, -0.2) is 0 Å². The number of amides is 1. The number of aliphatic hydroxyl groups is 1. The predicted octanol–water partition coefficient (Wildman–Crippen LogP) is 4.40. The smallest absolute Gasteiger partial charge is 0.300 e. The van der Waals surface area contributed by atoms with E-state index in [-0.39, 0.29) is 18.1 Å². The number of hydrogen-bond donors (Lipinski definition) is 1. The highest BCUT2D eigenvalue weighted by molar-refractivity contribution is 6.52. The maximum atomic E-state index is 13.2. The van der Waals surface area contributed by atoms with Gasteiger partial charge in [0.05, 0.1) is 11.3 Å². The quantitative estimate of drug-likeness (QED) is 0.363. The number of fused-ring (bicyclic) bond motifs is 1. The molecule has 7 nitrogen and oxygen atoms in total. The lowest BCUT2D eigenvalue weighted by atomic mass is 9.97. The molecular weight excluding hydrogens is 432 g/mol. The number of Topliss-reactive ketones (excluding diaryl/α,β-unsaturated/α-hetero) is 1. The average molecular weight is 449 g/mol. The van der Waals surface area contributed by atoms with Gasteiger partial charge in [-0.05, 0) is 55.0 Å². The third-order valence-electron chi connectivity index (χ3n) is 5.49. The minimum Gasteiger partial charge on any atom is -0.507 e. The Labute approximate surface area is 188 Å². The van der Waals surface area contributed by atoms with Crippen molar-refractivity contribution in [3.8, 4) is 11.5 Å². The lowest BCUT2D eigenvalue weighted by Gasteiger charge is -2.26. The molecule has 0 radical (unpaired) electrons.